The van der Waals surface area contributed by atoms with Gasteiger partial charge in [-0.15, -0.1) is 0 Å². The summed E-state index contributed by atoms with van der Waals surface area (Å²) < 4.78 is 7.58. The van der Waals surface area contributed by atoms with Gasteiger partial charge in [0.05, 0.1) is 38.8 Å². The molecule has 0 amide bonds. The van der Waals surface area contributed by atoms with E-state index in [1.54, 1.807) is 0 Å². The Labute approximate surface area is 435 Å². The maximum Gasteiger partial charge on any atom is 0.148 e. The van der Waals surface area contributed by atoms with Gasteiger partial charge in [-0.1, -0.05) is 206 Å². The molecule has 0 aliphatic heterocycles. The predicted octanol–water partition coefficient (Wildman–Crippen LogP) is 17.9. The minimum atomic E-state index is -0.138. The minimum Gasteiger partial charge on any atom is -0.312 e. The first kappa shape index (κ1) is 44.1. The molecule has 75 heavy (non-hydrogen) atoms. The number of hydrogen-bond acceptors (Lipinski definition) is 1. The number of aliphatic imine (C=N–C) groups is 1. The molecule has 3 heterocycles. The highest BCUT2D eigenvalue weighted by Gasteiger charge is 2.33. The number of nitrogens with one attached hydrogen (secondary N) is 1. The molecule has 0 spiro atoms. The van der Waals surface area contributed by atoms with Crippen LogP contribution in [-0.4, -0.2) is 25.2 Å². The van der Waals surface area contributed by atoms with Crippen molar-refractivity contribution in [1.82, 2.24) is 13.7 Å². The normalized spacial score (nSPS) is 15.3. The molecule has 2 aliphatic rings. The van der Waals surface area contributed by atoms with Crippen LogP contribution in [0.3, 0.4) is 0 Å². The van der Waals surface area contributed by atoms with Gasteiger partial charge in [0.25, 0.3) is 0 Å². The summed E-state index contributed by atoms with van der Waals surface area (Å²) in [6.07, 6.45) is 16.0. The first-order valence-electron chi connectivity index (χ1n) is 26.0. The van der Waals surface area contributed by atoms with Gasteiger partial charge >= 0.3 is 0 Å². The van der Waals surface area contributed by atoms with Crippen LogP contribution < -0.4 is 0 Å². The van der Waals surface area contributed by atoms with Crippen molar-refractivity contribution < 1.29 is 0 Å². The largest absolute Gasteiger partial charge is 0.312 e. The Kier molecular flexibility index (Phi) is 10.9. The Balaban J connectivity index is 1.07. The van der Waals surface area contributed by atoms with Crippen molar-refractivity contribution in [2.24, 2.45) is 4.99 Å². The van der Waals surface area contributed by atoms with E-state index in [-0.39, 0.29) is 11.8 Å². The van der Waals surface area contributed by atoms with Crippen LogP contribution in [0.15, 0.2) is 265 Å². The highest BCUT2D eigenvalue weighted by molar-refractivity contribution is 6.32. The molecule has 0 bridgehead atoms. The third kappa shape index (κ3) is 7.46. The molecule has 0 saturated carbocycles. The zero-order valence-electron chi connectivity index (χ0n) is 41.3. The number of rotatable bonds is 9. The number of aromatic nitrogens is 3. The van der Waals surface area contributed by atoms with Crippen LogP contribution in [0.4, 0.5) is 0 Å². The van der Waals surface area contributed by atoms with Crippen molar-refractivity contribution in [1.29, 1.82) is 5.41 Å². The Morgan fingerprint density at radius 3 is 1.71 bits per heavy atom. The second kappa shape index (κ2) is 18.5. The van der Waals surface area contributed by atoms with Crippen molar-refractivity contribution in [3.8, 4) is 5.69 Å². The van der Waals surface area contributed by atoms with Gasteiger partial charge < -0.3 is 13.7 Å². The van der Waals surface area contributed by atoms with Gasteiger partial charge in [-0.05, 0) is 96.2 Å². The molecular weight excluding hydrogens is 911 g/mol. The standard InChI is InChI=1S/C70H51N5/c71-70(72-60(50-29-13-4-14-30-50)42-39-47-23-7-1-8-24-47)51-45-58(48-25-9-2-10-26-48)67(59(46-51)49-27-11-3-12-28-49)75-62-38-22-20-36-57(62)66-64(75)44-41-55-54-40-43-63-65(68(54)74(69(55)66)53-33-17-6-18-34-53)56-35-19-21-37-61(56)73(63)52-31-15-5-16-32-52/h1-4,6-15,17-45,59,71H,5,16,46H2/b42-39+,71-70?,72-60?. The van der Waals surface area contributed by atoms with Crippen LogP contribution in [0.25, 0.3) is 94.1 Å². The van der Waals surface area contributed by atoms with E-state index in [9.17, 15) is 5.41 Å². The number of benzene rings is 9. The van der Waals surface area contributed by atoms with Gasteiger partial charge in [-0.2, -0.15) is 0 Å². The maximum absolute atomic E-state index is 9.94. The minimum absolute atomic E-state index is 0.138. The van der Waals surface area contributed by atoms with E-state index in [4.69, 9.17) is 4.99 Å². The lowest BCUT2D eigenvalue weighted by atomic mass is 9.80. The lowest BCUT2D eigenvalue weighted by Gasteiger charge is -2.31. The highest BCUT2D eigenvalue weighted by Crippen LogP contribution is 2.50. The predicted molar refractivity (Wildman–Crippen MR) is 317 cm³/mol. The van der Waals surface area contributed by atoms with Gasteiger partial charge in [0.1, 0.15) is 5.84 Å². The second-order valence-electron chi connectivity index (χ2n) is 19.7. The van der Waals surface area contributed by atoms with Crippen molar-refractivity contribution in [3.05, 3.63) is 283 Å². The average molecular weight is 962 g/mol. The summed E-state index contributed by atoms with van der Waals surface area (Å²) in [6, 6.07) is 80.4. The Morgan fingerprint density at radius 1 is 0.507 bits per heavy atom. The summed E-state index contributed by atoms with van der Waals surface area (Å²) in [7, 11) is 0. The molecule has 0 radical (unpaired) electrons. The number of nitrogens with zero attached hydrogens (tertiary/aromatic N) is 4. The monoisotopic (exact) mass is 961 g/mol. The second-order valence-corrected chi connectivity index (χ2v) is 19.7. The molecule has 1 atom stereocenters. The van der Waals surface area contributed by atoms with Crippen LogP contribution in [0.1, 0.15) is 47.4 Å². The molecule has 3 aromatic heterocycles. The summed E-state index contributed by atoms with van der Waals surface area (Å²) in [5.74, 6) is 0.111. The van der Waals surface area contributed by atoms with E-state index >= 15 is 0 Å². The first-order chi connectivity index (χ1) is 37.2. The van der Waals surface area contributed by atoms with Crippen molar-refractivity contribution >= 4 is 100 Å². The average Bonchev–Trinajstić information content (AvgIpc) is 4.14. The number of hydrogen-bond donors (Lipinski definition) is 1. The summed E-state index contributed by atoms with van der Waals surface area (Å²) >= 11 is 0. The molecule has 1 N–H and O–H groups in total. The molecule has 0 fully saturated rings. The molecule has 0 saturated heterocycles. The van der Waals surface area contributed by atoms with E-state index in [0.717, 1.165) is 63.1 Å². The van der Waals surface area contributed by atoms with E-state index in [1.807, 2.05) is 42.5 Å². The lowest BCUT2D eigenvalue weighted by molar-refractivity contribution is 0.817. The van der Waals surface area contributed by atoms with Gasteiger partial charge in [0.2, 0.25) is 0 Å². The van der Waals surface area contributed by atoms with Crippen molar-refractivity contribution in [2.75, 3.05) is 0 Å². The molecule has 5 nitrogen and oxygen atoms in total. The number of fused-ring (bicyclic) bond motifs is 11. The molecule has 1 unspecified atom stereocenters. The van der Waals surface area contributed by atoms with Gasteiger partial charge in [-0.3, -0.25) is 5.41 Å². The van der Waals surface area contributed by atoms with Gasteiger partial charge in [0.15, 0.2) is 0 Å². The summed E-state index contributed by atoms with van der Waals surface area (Å²) in [5.41, 5.74) is 17.6. The summed E-state index contributed by atoms with van der Waals surface area (Å²) in [5, 5.41) is 17.3. The van der Waals surface area contributed by atoms with Crippen molar-refractivity contribution in [2.45, 2.75) is 25.2 Å². The Hall–Kier alpha value is -9.58. The van der Waals surface area contributed by atoms with Crippen LogP contribution in [0, 0.1) is 5.41 Å². The molecule has 14 rings (SSSR count). The van der Waals surface area contributed by atoms with Gasteiger partial charge in [-0.25, -0.2) is 4.99 Å². The van der Waals surface area contributed by atoms with E-state index in [0.29, 0.717) is 6.42 Å². The summed E-state index contributed by atoms with van der Waals surface area (Å²) in [6.45, 7) is 0. The van der Waals surface area contributed by atoms with E-state index in [2.05, 4.69) is 232 Å². The third-order valence-electron chi connectivity index (χ3n) is 15.3. The zero-order chi connectivity index (χ0) is 49.8. The Morgan fingerprint density at radius 2 is 1.07 bits per heavy atom. The lowest BCUT2D eigenvalue weighted by Crippen LogP contribution is -2.18. The number of para-hydroxylation sites is 3. The molecule has 12 aromatic rings. The van der Waals surface area contributed by atoms with Crippen LogP contribution in [-0.2, 0) is 0 Å². The third-order valence-corrected chi connectivity index (χ3v) is 15.3. The van der Waals surface area contributed by atoms with Crippen LogP contribution in [0.2, 0.25) is 0 Å². The smallest absolute Gasteiger partial charge is 0.148 e. The van der Waals surface area contributed by atoms with Gasteiger partial charge in [0, 0.05) is 66.5 Å². The number of allylic oxidation sites excluding steroid dienone is 8. The Bertz CT molecular complexity index is 4410. The molecule has 356 valence electrons. The number of amidine groups is 1. The highest BCUT2D eigenvalue weighted by atomic mass is 15.0. The maximum atomic E-state index is 9.94. The van der Waals surface area contributed by atoms with Crippen molar-refractivity contribution in [3.63, 3.8) is 0 Å². The fourth-order valence-corrected chi connectivity index (χ4v) is 12.0. The fourth-order valence-electron chi connectivity index (χ4n) is 12.0. The van der Waals surface area contributed by atoms with Crippen LogP contribution in [0.5, 0.6) is 0 Å². The van der Waals surface area contributed by atoms with Crippen LogP contribution >= 0.6 is 0 Å². The molecule has 9 aromatic carbocycles. The first-order valence-corrected chi connectivity index (χ1v) is 26.0. The molecule has 5 heteroatoms. The quantitative estimate of drug-likeness (QED) is 0.111. The summed E-state index contributed by atoms with van der Waals surface area (Å²) in [4.78, 5) is 5.20. The topological polar surface area (TPSA) is 51.0 Å². The van der Waals surface area contributed by atoms with E-state index in [1.165, 1.54) is 71.3 Å². The fraction of sp³-hybridized carbons (Fsp3) is 0.0571. The van der Waals surface area contributed by atoms with E-state index < -0.39 is 0 Å². The zero-order valence-corrected chi connectivity index (χ0v) is 41.3. The molecule has 2 aliphatic carbocycles. The molecular formula is C70H51N5. The SMILES string of the molecule is N=C(N=C(/C=C/c1ccccc1)c1ccccc1)C1=CC(c2ccccc2)=C(n2c3ccccc3c3c2ccc2c4ccc5c(c6ccccc6n5C5=CCCC=C5)c4n(-c4ccccc4)c23)C(c2ccccc2)C1.